The van der Waals surface area contributed by atoms with Crippen molar-refractivity contribution < 1.29 is 4.74 Å². The molecule has 0 aliphatic rings. The fourth-order valence-corrected chi connectivity index (χ4v) is 1.69. The van der Waals surface area contributed by atoms with Crippen LogP contribution in [0.1, 0.15) is 24.2 Å². The molecular formula is C15H18N2O. The van der Waals surface area contributed by atoms with Crippen molar-refractivity contribution in [2.75, 3.05) is 6.61 Å². The molecule has 94 valence electrons. The van der Waals surface area contributed by atoms with Gasteiger partial charge in [-0.1, -0.05) is 18.2 Å². The standard InChI is InChI=1S/C15H18N2O/c1-12(16)13-5-7-15(8-6-13)18-11-9-14-4-2-3-10-17-14/h2-8,10,12H,9,11,16H2,1H3/t12-/m1/s1. The molecule has 3 heteroatoms. The first-order valence-corrected chi connectivity index (χ1v) is 6.14. The van der Waals surface area contributed by atoms with Crippen LogP contribution in [-0.4, -0.2) is 11.6 Å². The Labute approximate surface area is 108 Å². The van der Waals surface area contributed by atoms with E-state index in [0.29, 0.717) is 6.61 Å². The quantitative estimate of drug-likeness (QED) is 0.877. The van der Waals surface area contributed by atoms with Gasteiger partial charge in [0.25, 0.3) is 0 Å². The molecule has 2 aromatic rings. The molecule has 0 radical (unpaired) electrons. The number of nitrogens with two attached hydrogens (primary N) is 1. The van der Waals surface area contributed by atoms with Gasteiger partial charge in [0, 0.05) is 24.4 Å². The smallest absolute Gasteiger partial charge is 0.119 e. The molecule has 0 spiro atoms. The predicted molar refractivity (Wildman–Crippen MR) is 72.5 cm³/mol. The molecule has 1 aromatic heterocycles. The van der Waals surface area contributed by atoms with E-state index >= 15 is 0 Å². The van der Waals surface area contributed by atoms with Gasteiger partial charge in [0.1, 0.15) is 5.75 Å². The molecule has 1 heterocycles. The normalized spacial score (nSPS) is 12.1. The first kappa shape index (κ1) is 12.6. The minimum absolute atomic E-state index is 0.0626. The van der Waals surface area contributed by atoms with Crippen molar-refractivity contribution in [3.8, 4) is 5.75 Å². The zero-order chi connectivity index (χ0) is 12.8. The molecule has 1 atom stereocenters. The number of benzene rings is 1. The molecule has 0 aliphatic carbocycles. The molecule has 0 unspecified atom stereocenters. The summed E-state index contributed by atoms with van der Waals surface area (Å²) in [6, 6.07) is 13.9. The minimum atomic E-state index is 0.0626. The SMILES string of the molecule is C[C@@H](N)c1ccc(OCCc2ccccn2)cc1. The van der Waals surface area contributed by atoms with Crippen LogP contribution in [0.25, 0.3) is 0 Å². The Balaban J connectivity index is 1.83. The number of rotatable bonds is 5. The summed E-state index contributed by atoms with van der Waals surface area (Å²) < 4.78 is 5.66. The summed E-state index contributed by atoms with van der Waals surface area (Å²) in [6.45, 7) is 2.60. The van der Waals surface area contributed by atoms with E-state index in [4.69, 9.17) is 10.5 Å². The fraction of sp³-hybridized carbons (Fsp3) is 0.267. The number of nitrogens with zero attached hydrogens (tertiary/aromatic N) is 1. The van der Waals surface area contributed by atoms with Crippen molar-refractivity contribution in [1.29, 1.82) is 0 Å². The highest BCUT2D eigenvalue weighted by Gasteiger charge is 2.00. The Morgan fingerprint density at radius 2 is 1.94 bits per heavy atom. The maximum Gasteiger partial charge on any atom is 0.119 e. The number of ether oxygens (including phenoxy) is 1. The van der Waals surface area contributed by atoms with E-state index < -0.39 is 0 Å². The van der Waals surface area contributed by atoms with Crippen LogP contribution in [0.15, 0.2) is 48.7 Å². The summed E-state index contributed by atoms with van der Waals surface area (Å²) in [5.74, 6) is 0.871. The Kier molecular flexibility index (Phi) is 4.31. The topological polar surface area (TPSA) is 48.1 Å². The first-order chi connectivity index (χ1) is 8.75. The average molecular weight is 242 g/mol. The molecule has 0 saturated carbocycles. The zero-order valence-corrected chi connectivity index (χ0v) is 10.5. The van der Waals surface area contributed by atoms with E-state index in [-0.39, 0.29) is 6.04 Å². The third kappa shape index (κ3) is 3.57. The molecular weight excluding hydrogens is 224 g/mol. The molecule has 1 aromatic carbocycles. The second-order valence-electron chi connectivity index (χ2n) is 4.28. The molecule has 3 nitrogen and oxygen atoms in total. The van der Waals surface area contributed by atoms with E-state index in [1.54, 1.807) is 6.20 Å². The van der Waals surface area contributed by atoms with Crippen molar-refractivity contribution in [2.45, 2.75) is 19.4 Å². The third-order valence-electron chi connectivity index (χ3n) is 2.76. The van der Waals surface area contributed by atoms with Crippen molar-refractivity contribution in [3.63, 3.8) is 0 Å². The molecule has 18 heavy (non-hydrogen) atoms. The number of pyridine rings is 1. The Hall–Kier alpha value is -1.87. The predicted octanol–water partition coefficient (Wildman–Crippen LogP) is 2.72. The summed E-state index contributed by atoms with van der Waals surface area (Å²) in [6.07, 6.45) is 2.61. The largest absolute Gasteiger partial charge is 0.493 e. The van der Waals surface area contributed by atoms with Crippen molar-refractivity contribution in [1.82, 2.24) is 4.98 Å². The number of hydrogen-bond acceptors (Lipinski definition) is 3. The third-order valence-corrected chi connectivity index (χ3v) is 2.76. The molecule has 0 amide bonds. The van der Waals surface area contributed by atoms with Gasteiger partial charge in [-0.15, -0.1) is 0 Å². The van der Waals surface area contributed by atoms with Crippen molar-refractivity contribution in [3.05, 3.63) is 59.9 Å². The van der Waals surface area contributed by atoms with Crippen LogP contribution in [-0.2, 0) is 6.42 Å². The minimum Gasteiger partial charge on any atom is -0.493 e. The zero-order valence-electron chi connectivity index (χ0n) is 10.5. The Morgan fingerprint density at radius 1 is 1.17 bits per heavy atom. The summed E-state index contributed by atoms with van der Waals surface area (Å²) >= 11 is 0. The van der Waals surface area contributed by atoms with Crippen molar-refractivity contribution >= 4 is 0 Å². The average Bonchev–Trinajstić information content (AvgIpc) is 2.40. The van der Waals surface area contributed by atoms with Crippen molar-refractivity contribution in [2.24, 2.45) is 5.73 Å². The highest BCUT2D eigenvalue weighted by molar-refractivity contribution is 5.28. The van der Waals surface area contributed by atoms with Gasteiger partial charge in [-0.05, 0) is 36.8 Å². The summed E-state index contributed by atoms with van der Waals surface area (Å²) in [4.78, 5) is 4.25. The summed E-state index contributed by atoms with van der Waals surface area (Å²) in [5, 5.41) is 0. The molecule has 0 saturated heterocycles. The summed E-state index contributed by atoms with van der Waals surface area (Å²) in [7, 11) is 0. The molecule has 2 rings (SSSR count). The van der Waals surface area contributed by atoms with E-state index in [0.717, 1.165) is 23.4 Å². The molecule has 0 aliphatic heterocycles. The van der Waals surface area contributed by atoms with Crippen LogP contribution in [0, 0.1) is 0 Å². The molecule has 0 bridgehead atoms. The first-order valence-electron chi connectivity index (χ1n) is 6.14. The number of aromatic nitrogens is 1. The second-order valence-corrected chi connectivity index (χ2v) is 4.28. The second kappa shape index (κ2) is 6.17. The maximum atomic E-state index is 5.79. The maximum absolute atomic E-state index is 5.79. The van der Waals surface area contributed by atoms with Crippen LogP contribution in [0.4, 0.5) is 0 Å². The summed E-state index contributed by atoms with van der Waals surface area (Å²) in [5.41, 5.74) is 7.95. The van der Waals surface area contributed by atoms with Gasteiger partial charge < -0.3 is 10.5 Å². The lowest BCUT2D eigenvalue weighted by atomic mass is 10.1. The Morgan fingerprint density at radius 3 is 2.56 bits per heavy atom. The van der Waals surface area contributed by atoms with Crippen LogP contribution in [0.5, 0.6) is 5.75 Å². The Bertz CT molecular complexity index is 466. The van der Waals surface area contributed by atoms with Gasteiger partial charge >= 0.3 is 0 Å². The molecule has 2 N–H and O–H groups in total. The van der Waals surface area contributed by atoms with Gasteiger partial charge in [0.05, 0.1) is 6.61 Å². The van der Waals surface area contributed by atoms with Crippen LogP contribution >= 0.6 is 0 Å². The molecule has 0 fully saturated rings. The van der Waals surface area contributed by atoms with E-state index in [1.807, 2.05) is 49.4 Å². The van der Waals surface area contributed by atoms with Gasteiger partial charge in [0.15, 0.2) is 0 Å². The van der Waals surface area contributed by atoms with E-state index in [9.17, 15) is 0 Å². The lowest BCUT2D eigenvalue weighted by molar-refractivity contribution is 0.320. The highest BCUT2D eigenvalue weighted by atomic mass is 16.5. The van der Waals surface area contributed by atoms with Gasteiger partial charge in [-0.3, -0.25) is 4.98 Å². The number of hydrogen-bond donors (Lipinski definition) is 1. The van der Waals surface area contributed by atoms with Crippen LogP contribution in [0.3, 0.4) is 0 Å². The van der Waals surface area contributed by atoms with Crippen LogP contribution in [0.2, 0.25) is 0 Å². The van der Waals surface area contributed by atoms with Gasteiger partial charge in [-0.25, -0.2) is 0 Å². The van der Waals surface area contributed by atoms with E-state index in [1.165, 1.54) is 0 Å². The lowest BCUT2D eigenvalue weighted by Gasteiger charge is -2.08. The highest BCUT2D eigenvalue weighted by Crippen LogP contribution is 2.16. The monoisotopic (exact) mass is 242 g/mol. The lowest BCUT2D eigenvalue weighted by Crippen LogP contribution is -2.05. The van der Waals surface area contributed by atoms with Gasteiger partial charge in [-0.2, -0.15) is 0 Å². The fourth-order valence-electron chi connectivity index (χ4n) is 1.69. The van der Waals surface area contributed by atoms with E-state index in [2.05, 4.69) is 4.98 Å². The van der Waals surface area contributed by atoms with Gasteiger partial charge in [0.2, 0.25) is 0 Å². The van der Waals surface area contributed by atoms with Crippen LogP contribution < -0.4 is 10.5 Å².